The molecule has 4 aromatic rings. The highest BCUT2D eigenvalue weighted by Crippen LogP contribution is 2.41. The van der Waals surface area contributed by atoms with Crippen LogP contribution in [0.3, 0.4) is 0 Å². The Morgan fingerprint density at radius 3 is 2.67 bits per heavy atom. The van der Waals surface area contributed by atoms with E-state index in [-0.39, 0.29) is 11.9 Å². The molecule has 1 aliphatic carbocycles. The predicted octanol–water partition coefficient (Wildman–Crippen LogP) is 3.46. The number of hydrogen-bond acceptors (Lipinski definition) is 10. The van der Waals surface area contributed by atoms with Gasteiger partial charge in [-0.25, -0.2) is 4.52 Å². The molecule has 1 amide bonds. The van der Waals surface area contributed by atoms with E-state index in [9.17, 15) is 15.3 Å². The van der Waals surface area contributed by atoms with Crippen LogP contribution in [0.5, 0.6) is 0 Å². The summed E-state index contributed by atoms with van der Waals surface area (Å²) in [5, 5.41) is 40.1. The molecule has 196 valence electrons. The van der Waals surface area contributed by atoms with E-state index in [1.54, 1.807) is 30.6 Å². The number of hydrogen-bond donors (Lipinski definition) is 2. The molecule has 2 aliphatic rings. The van der Waals surface area contributed by atoms with Gasteiger partial charge in [-0.05, 0) is 55.9 Å². The van der Waals surface area contributed by atoms with Crippen molar-refractivity contribution in [3.05, 3.63) is 42.2 Å². The lowest BCUT2D eigenvalue weighted by Gasteiger charge is -2.37. The number of rotatable bonds is 6. The van der Waals surface area contributed by atoms with E-state index < -0.39 is 6.04 Å². The molecule has 2 N–H and O–H groups in total. The molecule has 39 heavy (non-hydrogen) atoms. The monoisotopic (exact) mass is 538 g/mol. The maximum Gasteiger partial charge on any atom is 0.217 e. The molecule has 12 heteroatoms. The number of piperidine rings is 1. The highest BCUT2D eigenvalue weighted by Gasteiger charge is 2.43. The zero-order valence-corrected chi connectivity index (χ0v) is 22.3. The fourth-order valence-electron chi connectivity index (χ4n) is 5.71. The topological polar surface area (TPSA) is 148 Å². The molecule has 0 aromatic carbocycles. The van der Waals surface area contributed by atoms with Gasteiger partial charge in [0, 0.05) is 37.9 Å². The van der Waals surface area contributed by atoms with Gasteiger partial charge < -0.3 is 15.5 Å². The van der Waals surface area contributed by atoms with Gasteiger partial charge in [-0.2, -0.15) is 15.6 Å². The van der Waals surface area contributed by atoms with Crippen molar-refractivity contribution in [1.29, 1.82) is 10.5 Å². The van der Waals surface area contributed by atoms with Crippen molar-refractivity contribution in [2.75, 3.05) is 23.3 Å². The van der Waals surface area contributed by atoms with Crippen molar-refractivity contribution >= 4 is 33.6 Å². The van der Waals surface area contributed by atoms with E-state index in [1.807, 2.05) is 18.2 Å². The van der Waals surface area contributed by atoms with E-state index in [4.69, 9.17) is 4.98 Å². The van der Waals surface area contributed by atoms with Crippen LogP contribution in [0.1, 0.15) is 32.3 Å². The fourth-order valence-corrected chi connectivity index (χ4v) is 6.59. The highest BCUT2D eigenvalue weighted by atomic mass is 32.1. The molecule has 1 aliphatic heterocycles. The van der Waals surface area contributed by atoms with Crippen molar-refractivity contribution in [1.82, 2.24) is 30.1 Å². The Kier molecular flexibility index (Phi) is 6.33. The Bertz CT molecular complexity index is 1630. The maximum atomic E-state index is 11.7. The van der Waals surface area contributed by atoms with E-state index in [2.05, 4.69) is 43.0 Å². The van der Waals surface area contributed by atoms with Gasteiger partial charge in [0.15, 0.2) is 5.01 Å². The minimum atomic E-state index is -0.435. The molecule has 6 rings (SSSR count). The molecular weight excluding hydrogens is 512 g/mol. The van der Waals surface area contributed by atoms with Crippen LogP contribution in [-0.2, 0) is 4.79 Å². The molecule has 0 spiro atoms. The Balaban J connectivity index is 1.31. The van der Waals surface area contributed by atoms with E-state index >= 15 is 0 Å². The summed E-state index contributed by atoms with van der Waals surface area (Å²) in [5.41, 5.74) is 4.21. The summed E-state index contributed by atoms with van der Waals surface area (Å²) in [6.07, 6.45) is 5.48. The lowest BCUT2D eigenvalue weighted by molar-refractivity contribution is -0.120. The third kappa shape index (κ3) is 4.64. The number of aromatic nitrogens is 5. The van der Waals surface area contributed by atoms with E-state index in [0.29, 0.717) is 28.1 Å². The van der Waals surface area contributed by atoms with Crippen LogP contribution in [0, 0.1) is 34.5 Å². The largest absolute Gasteiger partial charge is 0.369 e. The van der Waals surface area contributed by atoms with Gasteiger partial charge in [0.1, 0.15) is 12.1 Å². The summed E-state index contributed by atoms with van der Waals surface area (Å²) < 4.78 is 1.74. The number of amides is 1. The lowest BCUT2D eigenvalue weighted by Crippen LogP contribution is -2.52. The molecule has 5 heterocycles. The van der Waals surface area contributed by atoms with Gasteiger partial charge in [0.2, 0.25) is 11.0 Å². The number of anilines is 2. The van der Waals surface area contributed by atoms with Gasteiger partial charge in [-0.3, -0.25) is 9.78 Å². The third-order valence-corrected chi connectivity index (χ3v) is 8.50. The number of nitrogens with one attached hydrogen (secondary N) is 2. The molecule has 0 unspecified atom stereocenters. The summed E-state index contributed by atoms with van der Waals surface area (Å²) in [7, 11) is 0. The number of carbonyl (C=O) groups excluding carboxylic acids is 1. The van der Waals surface area contributed by atoms with Crippen LogP contribution in [0.25, 0.3) is 27.5 Å². The van der Waals surface area contributed by atoms with Crippen molar-refractivity contribution in [2.24, 2.45) is 11.8 Å². The molecule has 1 saturated carbocycles. The molecule has 2 bridgehead atoms. The minimum Gasteiger partial charge on any atom is -0.369 e. The van der Waals surface area contributed by atoms with Crippen LogP contribution in [0.15, 0.2) is 36.7 Å². The summed E-state index contributed by atoms with van der Waals surface area (Å²) in [5.74, 6) is 0.843. The van der Waals surface area contributed by atoms with E-state index in [0.717, 1.165) is 53.5 Å². The predicted molar refractivity (Wildman–Crippen MR) is 147 cm³/mol. The second-order valence-electron chi connectivity index (χ2n) is 10.1. The number of carbonyl (C=O) groups is 1. The Morgan fingerprint density at radius 2 is 1.95 bits per heavy atom. The zero-order chi connectivity index (χ0) is 27.1. The molecule has 11 nitrogen and oxygen atoms in total. The van der Waals surface area contributed by atoms with Gasteiger partial charge >= 0.3 is 0 Å². The van der Waals surface area contributed by atoms with Gasteiger partial charge in [-0.15, -0.1) is 10.2 Å². The molecule has 0 radical (unpaired) electrons. The first-order valence-corrected chi connectivity index (χ1v) is 13.7. The Morgan fingerprint density at radius 1 is 1.15 bits per heavy atom. The van der Waals surface area contributed by atoms with Crippen molar-refractivity contribution in [3.8, 4) is 34.1 Å². The van der Waals surface area contributed by atoms with Gasteiger partial charge in [0.05, 0.1) is 40.3 Å². The molecule has 4 aromatic heterocycles. The van der Waals surface area contributed by atoms with Crippen molar-refractivity contribution in [2.45, 2.75) is 38.8 Å². The summed E-state index contributed by atoms with van der Waals surface area (Å²) in [6, 6.07) is 11.6. The van der Waals surface area contributed by atoms with Gasteiger partial charge in [0.25, 0.3) is 0 Å². The summed E-state index contributed by atoms with van der Waals surface area (Å²) in [6.45, 7) is 5.06. The third-order valence-electron chi connectivity index (χ3n) is 7.48. The molecular formula is C27H26N10OS. The Hall–Kier alpha value is -4.55. The quantitative estimate of drug-likeness (QED) is 0.376. The van der Waals surface area contributed by atoms with Crippen LogP contribution in [0.2, 0.25) is 0 Å². The van der Waals surface area contributed by atoms with Crippen LogP contribution < -0.4 is 15.5 Å². The van der Waals surface area contributed by atoms with E-state index in [1.165, 1.54) is 17.5 Å². The molecule has 4 atom stereocenters. The maximum absolute atomic E-state index is 11.7. The summed E-state index contributed by atoms with van der Waals surface area (Å²) in [4.78, 5) is 18.7. The van der Waals surface area contributed by atoms with Gasteiger partial charge in [-0.1, -0.05) is 11.3 Å². The highest BCUT2D eigenvalue weighted by molar-refractivity contribution is 7.18. The SMILES string of the molecule is CC(=O)N[C@H]1[C@@H]2CC[C@H]1CN(c1nnc(-c3cnc(-c4ccc5cc(C#N)cnn45)cc3N[C@H](C)C#N)s1)C2. The second kappa shape index (κ2) is 9.97. The summed E-state index contributed by atoms with van der Waals surface area (Å²) >= 11 is 1.50. The molecule has 1 saturated heterocycles. The fraction of sp³-hybridized carbons (Fsp3) is 0.370. The number of nitriles is 2. The van der Waals surface area contributed by atoms with Crippen molar-refractivity contribution in [3.63, 3.8) is 0 Å². The number of pyridine rings is 1. The first-order valence-electron chi connectivity index (χ1n) is 12.8. The average molecular weight is 539 g/mol. The van der Waals surface area contributed by atoms with Crippen LogP contribution in [0.4, 0.5) is 10.8 Å². The Labute approximate surface area is 229 Å². The lowest BCUT2D eigenvalue weighted by atomic mass is 9.92. The first kappa shape index (κ1) is 24.8. The molecule has 2 fully saturated rings. The standard InChI is InChI=1S/C27H26N10OS/c1-15(9-28)32-22-8-23(24-6-5-20-7-17(10-29)11-31-37(20)24)30-12-21(22)26-34-35-27(39-26)36-13-18-3-4-19(14-36)25(18)33-16(2)38/h5-8,11-12,15,18-19,25H,3-4,13-14H2,1-2H3,(H,30,32)(H,33,38)/t15-,18-,19+,25+/m1/s1. The number of fused-ring (bicyclic) bond motifs is 3. The second-order valence-corrected chi connectivity index (χ2v) is 11.1. The smallest absolute Gasteiger partial charge is 0.217 e. The number of nitrogens with zero attached hydrogens (tertiary/aromatic N) is 8. The van der Waals surface area contributed by atoms with Crippen LogP contribution >= 0.6 is 11.3 Å². The average Bonchev–Trinajstić information content (AvgIpc) is 3.64. The normalized spacial score (nSPS) is 20.8. The van der Waals surface area contributed by atoms with Crippen LogP contribution in [-0.4, -0.2) is 55.9 Å². The zero-order valence-electron chi connectivity index (χ0n) is 21.5. The van der Waals surface area contributed by atoms with Crippen molar-refractivity contribution < 1.29 is 4.79 Å². The minimum absolute atomic E-state index is 0.0296. The first-order chi connectivity index (χ1) is 18.9.